The molecule has 90 valence electrons. The number of non-ortho nitro benzene ring substituents is 1. The van der Waals surface area contributed by atoms with E-state index in [0.717, 1.165) is 6.07 Å². The predicted octanol–water partition coefficient (Wildman–Crippen LogP) is 2.28. The maximum atomic E-state index is 11.0. The third-order valence-corrected chi connectivity index (χ3v) is 2.18. The zero-order valence-corrected chi connectivity index (χ0v) is 9.21. The molecule has 0 aromatic heterocycles. The highest BCUT2D eigenvalue weighted by Gasteiger charge is 2.16. The van der Waals surface area contributed by atoms with Crippen molar-refractivity contribution >= 4 is 17.3 Å². The van der Waals surface area contributed by atoms with Crippen LogP contribution in [0.5, 0.6) is 0 Å². The van der Waals surface area contributed by atoms with Gasteiger partial charge in [0.2, 0.25) is 0 Å². The van der Waals surface area contributed by atoms with Gasteiger partial charge in [0.05, 0.1) is 10.5 Å². The van der Waals surface area contributed by atoms with Crippen LogP contribution < -0.4 is 5.32 Å². The van der Waals surface area contributed by atoms with Crippen LogP contribution in [0.2, 0.25) is 0 Å². The number of hydrogen-bond donors (Lipinski definition) is 2. The fraction of sp³-hybridized carbons (Fsp3) is 0.182. The van der Waals surface area contributed by atoms with E-state index in [9.17, 15) is 14.9 Å². The molecule has 1 aromatic rings. The van der Waals surface area contributed by atoms with E-state index in [0.29, 0.717) is 5.69 Å². The van der Waals surface area contributed by atoms with Crippen LogP contribution in [0.3, 0.4) is 0 Å². The number of carboxylic acid groups (broad SMARTS) is 1. The van der Waals surface area contributed by atoms with Crippen molar-refractivity contribution in [1.29, 1.82) is 0 Å². The third-order valence-electron chi connectivity index (χ3n) is 2.18. The van der Waals surface area contributed by atoms with Gasteiger partial charge >= 0.3 is 5.97 Å². The van der Waals surface area contributed by atoms with Crippen molar-refractivity contribution in [3.05, 3.63) is 46.5 Å². The van der Waals surface area contributed by atoms with E-state index >= 15 is 0 Å². The lowest BCUT2D eigenvalue weighted by Crippen LogP contribution is -2.14. The molecule has 6 nitrogen and oxygen atoms in total. The molecular formula is C11H12N2O4. The minimum Gasteiger partial charge on any atom is -0.478 e. The summed E-state index contributed by atoms with van der Waals surface area (Å²) in [6.07, 6.45) is 1.60. The van der Waals surface area contributed by atoms with Crippen LogP contribution in [-0.4, -0.2) is 22.0 Å². The fourth-order valence-electron chi connectivity index (χ4n) is 1.25. The number of anilines is 1. The Morgan fingerprint density at radius 2 is 2.29 bits per heavy atom. The molecule has 0 bridgehead atoms. The van der Waals surface area contributed by atoms with Crippen molar-refractivity contribution in [1.82, 2.24) is 0 Å². The summed E-state index contributed by atoms with van der Waals surface area (Å²) in [7, 11) is 0. The summed E-state index contributed by atoms with van der Waals surface area (Å²) < 4.78 is 0. The number of aromatic carboxylic acids is 1. The molecule has 0 amide bonds. The minimum atomic E-state index is -1.22. The molecule has 1 aromatic carbocycles. The summed E-state index contributed by atoms with van der Waals surface area (Å²) in [5, 5.41) is 22.4. The second-order valence-corrected chi connectivity index (χ2v) is 3.46. The Hall–Kier alpha value is -2.37. The Kier molecular flexibility index (Phi) is 3.82. The zero-order chi connectivity index (χ0) is 13.0. The fourth-order valence-corrected chi connectivity index (χ4v) is 1.25. The first-order valence-electron chi connectivity index (χ1n) is 4.86. The first kappa shape index (κ1) is 12.7. The Bertz CT molecular complexity index is 471. The average Bonchev–Trinajstić information content (AvgIpc) is 2.28. The van der Waals surface area contributed by atoms with Crippen LogP contribution in [-0.2, 0) is 0 Å². The second-order valence-electron chi connectivity index (χ2n) is 3.46. The van der Waals surface area contributed by atoms with E-state index in [1.54, 1.807) is 13.0 Å². The SMILES string of the molecule is C=CC(C)Nc1ccc([N+](=O)[O-])cc1C(=O)O. The molecule has 0 spiro atoms. The molecule has 0 heterocycles. The second kappa shape index (κ2) is 5.11. The van der Waals surface area contributed by atoms with Crippen molar-refractivity contribution in [2.24, 2.45) is 0 Å². The first-order valence-corrected chi connectivity index (χ1v) is 4.86. The van der Waals surface area contributed by atoms with Gasteiger partial charge in [0.1, 0.15) is 0 Å². The van der Waals surface area contributed by atoms with E-state index in [1.165, 1.54) is 12.1 Å². The van der Waals surface area contributed by atoms with Gasteiger partial charge in [-0.15, -0.1) is 6.58 Å². The molecule has 0 aliphatic carbocycles. The van der Waals surface area contributed by atoms with Crippen LogP contribution in [0.4, 0.5) is 11.4 Å². The molecule has 0 radical (unpaired) electrons. The van der Waals surface area contributed by atoms with Gasteiger partial charge in [-0.25, -0.2) is 4.79 Å². The summed E-state index contributed by atoms with van der Waals surface area (Å²) in [4.78, 5) is 20.9. The molecule has 17 heavy (non-hydrogen) atoms. The number of rotatable bonds is 5. The van der Waals surface area contributed by atoms with Crippen molar-refractivity contribution < 1.29 is 14.8 Å². The van der Waals surface area contributed by atoms with Crippen molar-refractivity contribution in [3.8, 4) is 0 Å². The Morgan fingerprint density at radius 3 is 2.76 bits per heavy atom. The lowest BCUT2D eigenvalue weighted by atomic mass is 10.1. The summed E-state index contributed by atoms with van der Waals surface area (Å²) in [6, 6.07) is 3.53. The number of hydrogen-bond acceptors (Lipinski definition) is 4. The summed E-state index contributed by atoms with van der Waals surface area (Å²) in [5.74, 6) is -1.22. The van der Waals surface area contributed by atoms with Crippen molar-refractivity contribution in [2.45, 2.75) is 13.0 Å². The summed E-state index contributed by atoms with van der Waals surface area (Å²) in [6.45, 7) is 5.35. The van der Waals surface area contributed by atoms with Crippen molar-refractivity contribution in [2.75, 3.05) is 5.32 Å². The third kappa shape index (κ3) is 3.04. The highest BCUT2D eigenvalue weighted by Crippen LogP contribution is 2.22. The zero-order valence-electron chi connectivity index (χ0n) is 9.21. The highest BCUT2D eigenvalue weighted by molar-refractivity contribution is 5.95. The van der Waals surface area contributed by atoms with Gasteiger partial charge in [0.15, 0.2) is 0 Å². The molecule has 0 saturated carbocycles. The van der Waals surface area contributed by atoms with Crippen LogP contribution in [0.1, 0.15) is 17.3 Å². The molecule has 6 heteroatoms. The monoisotopic (exact) mass is 236 g/mol. The number of benzene rings is 1. The summed E-state index contributed by atoms with van der Waals surface area (Å²) in [5.41, 5.74) is -0.0531. The molecule has 0 saturated heterocycles. The Balaban J connectivity index is 3.17. The van der Waals surface area contributed by atoms with Crippen LogP contribution >= 0.6 is 0 Å². The Labute approximate surface area is 97.7 Å². The van der Waals surface area contributed by atoms with E-state index in [2.05, 4.69) is 11.9 Å². The van der Waals surface area contributed by atoms with Gasteiger partial charge < -0.3 is 10.4 Å². The van der Waals surface area contributed by atoms with Gasteiger partial charge in [-0.3, -0.25) is 10.1 Å². The normalized spacial score (nSPS) is 11.6. The average molecular weight is 236 g/mol. The number of carbonyl (C=O) groups is 1. The minimum absolute atomic E-state index is 0.130. The number of nitro benzene ring substituents is 1. The Morgan fingerprint density at radius 1 is 1.65 bits per heavy atom. The van der Waals surface area contributed by atoms with Crippen LogP contribution in [0, 0.1) is 10.1 Å². The van der Waals surface area contributed by atoms with Gasteiger partial charge in [-0.05, 0) is 13.0 Å². The number of nitrogens with zero attached hydrogens (tertiary/aromatic N) is 1. The maximum absolute atomic E-state index is 11.0. The van der Waals surface area contributed by atoms with Gasteiger partial charge in [-0.1, -0.05) is 6.08 Å². The van der Waals surface area contributed by atoms with Crippen molar-refractivity contribution in [3.63, 3.8) is 0 Å². The number of carboxylic acids is 1. The molecule has 2 N–H and O–H groups in total. The molecule has 1 unspecified atom stereocenters. The van der Waals surface area contributed by atoms with Crippen LogP contribution in [0.25, 0.3) is 0 Å². The summed E-state index contributed by atoms with van der Waals surface area (Å²) >= 11 is 0. The molecule has 0 aliphatic rings. The lowest BCUT2D eigenvalue weighted by molar-refractivity contribution is -0.384. The molecule has 0 fully saturated rings. The molecule has 1 atom stereocenters. The van der Waals surface area contributed by atoms with Gasteiger partial charge in [0.25, 0.3) is 5.69 Å². The largest absolute Gasteiger partial charge is 0.478 e. The topological polar surface area (TPSA) is 92.5 Å². The number of nitro groups is 1. The smallest absolute Gasteiger partial charge is 0.338 e. The highest BCUT2D eigenvalue weighted by atomic mass is 16.6. The van der Waals surface area contributed by atoms with Gasteiger partial charge in [-0.2, -0.15) is 0 Å². The quantitative estimate of drug-likeness (QED) is 0.464. The number of nitrogens with one attached hydrogen (secondary N) is 1. The standard InChI is InChI=1S/C11H12N2O4/c1-3-7(2)12-10-5-4-8(13(16)17)6-9(10)11(14)15/h3-7,12H,1H2,2H3,(H,14,15). The van der Waals surface area contributed by atoms with E-state index in [4.69, 9.17) is 5.11 Å². The van der Waals surface area contributed by atoms with Crippen LogP contribution in [0.15, 0.2) is 30.9 Å². The molecular weight excluding hydrogens is 224 g/mol. The van der Waals surface area contributed by atoms with E-state index < -0.39 is 10.9 Å². The first-order chi connectivity index (χ1) is 7.95. The van der Waals surface area contributed by atoms with E-state index in [1.807, 2.05) is 0 Å². The lowest BCUT2D eigenvalue weighted by Gasteiger charge is -2.12. The molecule has 0 aliphatic heterocycles. The maximum Gasteiger partial charge on any atom is 0.338 e. The van der Waals surface area contributed by atoms with E-state index in [-0.39, 0.29) is 17.3 Å². The predicted molar refractivity (Wildman–Crippen MR) is 63.3 cm³/mol. The van der Waals surface area contributed by atoms with Gasteiger partial charge in [0, 0.05) is 23.9 Å². The molecule has 1 rings (SSSR count).